The Kier molecular flexibility index (Phi) is 4.89. The molecule has 0 aromatic carbocycles. The van der Waals surface area contributed by atoms with Crippen LogP contribution in [0.15, 0.2) is 24.8 Å². The Morgan fingerprint density at radius 3 is 2.50 bits per heavy atom. The van der Waals surface area contributed by atoms with Crippen molar-refractivity contribution in [1.29, 1.82) is 0 Å². The van der Waals surface area contributed by atoms with Crippen LogP contribution in [0.3, 0.4) is 0 Å². The molecule has 3 rings (SSSR count). The third-order valence-electron chi connectivity index (χ3n) is 3.83. The van der Waals surface area contributed by atoms with Crippen LogP contribution < -0.4 is 10.6 Å². The molecule has 2 N–H and O–H groups in total. The van der Waals surface area contributed by atoms with Crippen LogP contribution in [-0.2, 0) is 27.7 Å². The summed E-state index contributed by atoms with van der Waals surface area (Å²) in [6.45, 7) is 0.233. The highest BCUT2D eigenvalue weighted by Crippen LogP contribution is 2.20. The molecule has 0 aliphatic rings. The van der Waals surface area contributed by atoms with Gasteiger partial charge in [-0.25, -0.2) is 0 Å². The zero-order chi connectivity index (χ0) is 20.4. The van der Waals surface area contributed by atoms with Crippen molar-refractivity contribution >= 4 is 23.2 Å². The molecule has 3 aromatic rings. The van der Waals surface area contributed by atoms with Gasteiger partial charge in [-0.05, 0) is 0 Å². The number of anilines is 1. The van der Waals surface area contributed by atoms with Crippen molar-refractivity contribution in [2.24, 2.45) is 21.1 Å². The average molecular weight is 387 g/mol. The summed E-state index contributed by atoms with van der Waals surface area (Å²) in [5.74, 6) is -1.30. The Balaban J connectivity index is 1.78. The number of aryl methyl sites for hydroxylation is 3. The van der Waals surface area contributed by atoms with Gasteiger partial charge in [0.2, 0.25) is 5.69 Å². The van der Waals surface area contributed by atoms with E-state index in [4.69, 9.17) is 0 Å². The summed E-state index contributed by atoms with van der Waals surface area (Å²) in [6, 6.07) is 0. The highest BCUT2D eigenvalue weighted by Gasteiger charge is 2.27. The van der Waals surface area contributed by atoms with Crippen LogP contribution in [0, 0.1) is 10.1 Å². The van der Waals surface area contributed by atoms with Crippen LogP contribution >= 0.6 is 0 Å². The minimum absolute atomic E-state index is 0.0934. The molecular formula is C15H17N9O4. The smallest absolute Gasteiger partial charge is 0.320 e. The van der Waals surface area contributed by atoms with E-state index in [1.165, 1.54) is 25.0 Å². The van der Waals surface area contributed by atoms with E-state index in [0.717, 1.165) is 16.4 Å². The first-order valence-electron chi connectivity index (χ1n) is 8.03. The number of aromatic nitrogens is 6. The van der Waals surface area contributed by atoms with E-state index < -0.39 is 22.4 Å². The van der Waals surface area contributed by atoms with E-state index >= 15 is 0 Å². The molecular weight excluding hydrogens is 370 g/mol. The monoisotopic (exact) mass is 387 g/mol. The van der Waals surface area contributed by atoms with Crippen LogP contribution in [0.1, 0.15) is 26.5 Å². The number of rotatable bonds is 6. The second kappa shape index (κ2) is 7.30. The maximum Gasteiger partial charge on any atom is 0.320 e. The molecule has 146 valence electrons. The molecule has 13 heteroatoms. The van der Waals surface area contributed by atoms with Gasteiger partial charge in [-0.1, -0.05) is 0 Å². The van der Waals surface area contributed by atoms with Gasteiger partial charge in [0, 0.05) is 39.4 Å². The van der Waals surface area contributed by atoms with E-state index in [2.05, 4.69) is 25.9 Å². The standard InChI is InChI=1S/C15H17N9O4/c1-21-7-9(5-17-21)4-16-15(26)13-10(6-18-23(13)3)19-14(25)12-11(24(27)28)8-22(2)20-12/h5-8H,4H2,1-3H3,(H,16,26)(H,19,25). The summed E-state index contributed by atoms with van der Waals surface area (Å²) in [7, 11) is 4.76. The summed E-state index contributed by atoms with van der Waals surface area (Å²) in [6.07, 6.45) is 5.78. The maximum atomic E-state index is 12.5. The van der Waals surface area contributed by atoms with Crippen molar-refractivity contribution < 1.29 is 14.5 Å². The fourth-order valence-electron chi connectivity index (χ4n) is 2.58. The summed E-state index contributed by atoms with van der Waals surface area (Å²) in [5.41, 5.74) is 0.198. The molecule has 28 heavy (non-hydrogen) atoms. The Bertz CT molecular complexity index is 1060. The molecule has 0 aliphatic carbocycles. The normalized spacial score (nSPS) is 10.7. The third-order valence-corrected chi connectivity index (χ3v) is 3.83. The number of hydrogen-bond acceptors (Lipinski definition) is 7. The van der Waals surface area contributed by atoms with E-state index in [-0.39, 0.29) is 23.6 Å². The largest absolute Gasteiger partial charge is 0.346 e. The van der Waals surface area contributed by atoms with Gasteiger partial charge in [0.1, 0.15) is 11.9 Å². The maximum absolute atomic E-state index is 12.5. The van der Waals surface area contributed by atoms with Crippen LogP contribution in [-0.4, -0.2) is 46.1 Å². The van der Waals surface area contributed by atoms with Crippen LogP contribution in [0.25, 0.3) is 0 Å². The zero-order valence-corrected chi connectivity index (χ0v) is 15.3. The Morgan fingerprint density at radius 1 is 1.11 bits per heavy atom. The van der Waals surface area contributed by atoms with E-state index in [1.54, 1.807) is 24.1 Å². The van der Waals surface area contributed by atoms with Gasteiger partial charge >= 0.3 is 5.69 Å². The van der Waals surface area contributed by atoms with Crippen molar-refractivity contribution in [3.63, 3.8) is 0 Å². The highest BCUT2D eigenvalue weighted by molar-refractivity contribution is 6.09. The first-order chi connectivity index (χ1) is 13.3. The minimum atomic E-state index is -0.818. The molecule has 13 nitrogen and oxygen atoms in total. The predicted molar refractivity (Wildman–Crippen MR) is 95.4 cm³/mol. The number of nitrogens with one attached hydrogen (secondary N) is 2. The van der Waals surface area contributed by atoms with Gasteiger partial charge < -0.3 is 10.6 Å². The van der Waals surface area contributed by atoms with Gasteiger partial charge in [-0.2, -0.15) is 15.3 Å². The molecule has 0 fully saturated rings. The molecule has 0 saturated heterocycles. The lowest BCUT2D eigenvalue weighted by molar-refractivity contribution is -0.385. The fraction of sp³-hybridized carbons (Fsp3) is 0.267. The van der Waals surface area contributed by atoms with Crippen molar-refractivity contribution in [2.45, 2.75) is 6.54 Å². The average Bonchev–Trinajstić information content (AvgIpc) is 3.32. The molecule has 0 aliphatic heterocycles. The molecule has 3 heterocycles. The first-order valence-corrected chi connectivity index (χ1v) is 8.03. The van der Waals surface area contributed by atoms with Crippen molar-refractivity contribution in [3.05, 3.63) is 51.9 Å². The van der Waals surface area contributed by atoms with Gasteiger partial charge in [0.25, 0.3) is 11.8 Å². The lowest BCUT2D eigenvalue weighted by atomic mass is 10.3. The number of carbonyl (C=O) groups excluding carboxylic acids is 2. The molecule has 0 radical (unpaired) electrons. The predicted octanol–water partition coefficient (Wildman–Crippen LogP) is -0.0224. The Morgan fingerprint density at radius 2 is 1.86 bits per heavy atom. The molecule has 0 bridgehead atoms. The number of hydrogen-bond donors (Lipinski definition) is 2. The number of amides is 2. The van der Waals surface area contributed by atoms with Crippen molar-refractivity contribution in [3.8, 4) is 0 Å². The van der Waals surface area contributed by atoms with Crippen LogP contribution in [0.5, 0.6) is 0 Å². The van der Waals surface area contributed by atoms with E-state index in [9.17, 15) is 19.7 Å². The van der Waals surface area contributed by atoms with Gasteiger partial charge in [0.05, 0.1) is 23.0 Å². The third kappa shape index (κ3) is 3.72. The number of carbonyl (C=O) groups is 2. The second-order valence-electron chi connectivity index (χ2n) is 5.98. The summed E-state index contributed by atoms with van der Waals surface area (Å²) in [5, 5.41) is 28.0. The van der Waals surface area contributed by atoms with E-state index in [0.29, 0.717) is 0 Å². The summed E-state index contributed by atoms with van der Waals surface area (Å²) >= 11 is 0. The van der Waals surface area contributed by atoms with Crippen molar-refractivity contribution in [2.75, 3.05) is 5.32 Å². The quantitative estimate of drug-likeness (QED) is 0.445. The Hall–Kier alpha value is -4.03. The number of nitrogens with zero attached hydrogens (tertiary/aromatic N) is 7. The molecule has 0 unspecified atom stereocenters. The fourth-order valence-corrected chi connectivity index (χ4v) is 2.58. The topological polar surface area (TPSA) is 155 Å². The van der Waals surface area contributed by atoms with Gasteiger partial charge in [-0.15, -0.1) is 0 Å². The molecule has 3 aromatic heterocycles. The first kappa shape index (κ1) is 18.8. The molecule has 0 saturated carbocycles. The van der Waals surface area contributed by atoms with Gasteiger partial charge in [0.15, 0.2) is 0 Å². The summed E-state index contributed by atoms with van der Waals surface area (Å²) in [4.78, 5) is 35.4. The lowest BCUT2D eigenvalue weighted by Crippen LogP contribution is -2.27. The zero-order valence-electron chi connectivity index (χ0n) is 15.3. The molecule has 2 amide bonds. The lowest BCUT2D eigenvalue weighted by Gasteiger charge is -2.07. The van der Waals surface area contributed by atoms with Crippen LogP contribution in [0.2, 0.25) is 0 Å². The highest BCUT2D eigenvalue weighted by atomic mass is 16.6. The molecule has 0 atom stereocenters. The molecule has 0 spiro atoms. The van der Waals surface area contributed by atoms with Crippen molar-refractivity contribution in [1.82, 2.24) is 34.7 Å². The minimum Gasteiger partial charge on any atom is -0.346 e. The Labute approximate surface area is 158 Å². The number of nitro groups is 1. The van der Waals surface area contributed by atoms with E-state index in [1.807, 2.05) is 0 Å². The summed E-state index contributed by atoms with van der Waals surface area (Å²) < 4.78 is 4.07. The van der Waals surface area contributed by atoms with Crippen LogP contribution in [0.4, 0.5) is 11.4 Å². The SMILES string of the molecule is Cn1cc(CNC(=O)c2c(NC(=O)c3nn(C)cc3[N+](=O)[O-])cnn2C)cn1. The second-order valence-corrected chi connectivity index (χ2v) is 5.98. The van der Waals surface area contributed by atoms with Gasteiger partial charge in [-0.3, -0.25) is 33.7 Å².